The number of hydrogen-bond donors (Lipinski definition) is 3. The van der Waals surface area contributed by atoms with E-state index in [0.29, 0.717) is 25.7 Å². The zero-order chi connectivity index (χ0) is 69.6. The van der Waals surface area contributed by atoms with Crippen LogP contribution >= 0.6 is 15.6 Å². The number of phosphoric acid groups is 2. The molecule has 0 aliphatic heterocycles. The summed E-state index contributed by atoms with van der Waals surface area (Å²) in [4.78, 5) is 72.8. The maximum absolute atomic E-state index is 13.1. The molecule has 19 heteroatoms. The zero-order valence-corrected chi connectivity index (χ0v) is 63.4. The number of carbonyl (C=O) groups excluding carboxylic acids is 4. The number of unbranched alkanes of at least 4 members (excludes halogenated alkanes) is 37. The van der Waals surface area contributed by atoms with Crippen molar-refractivity contribution in [3.63, 3.8) is 0 Å². The number of ether oxygens (including phenoxy) is 4. The van der Waals surface area contributed by atoms with Crippen molar-refractivity contribution in [2.24, 2.45) is 23.7 Å². The van der Waals surface area contributed by atoms with Gasteiger partial charge in [0.1, 0.15) is 19.3 Å². The monoisotopic (exact) mass is 1380 g/mol. The average Bonchev–Trinajstić information content (AvgIpc) is 3.23. The van der Waals surface area contributed by atoms with E-state index in [1.165, 1.54) is 180 Å². The Morgan fingerprint density at radius 2 is 0.511 bits per heavy atom. The van der Waals surface area contributed by atoms with Crippen LogP contribution in [0.5, 0.6) is 0 Å². The molecular weight excluding hydrogens is 1230 g/mol. The van der Waals surface area contributed by atoms with Crippen LogP contribution in [0, 0.1) is 23.7 Å². The second kappa shape index (κ2) is 64.4. The van der Waals surface area contributed by atoms with Gasteiger partial charge in [-0.1, -0.05) is 325 Å². The maximum Gasteiger partial charge on any atom is 0.472 e. The smallest absolute Gasteiger partial charge is 0.462 e. The Morgan fingerprint density at radius 3 is 0.755 bits per heavy atom. The summed E-state index contributed by atoms with van der Waals surface area (Å²) in [6, 6.07) is 0. The van der Waals surface area contributed by atoms with E-state index >= 15 is 0 Å². The molecule has 0 heterocycles. The van der Waals surface area contributed by atoms with Gasteiger partial charge in [0.05, 0.1) is 26.4 Å². The van der Waals surface area contributed by atoms with E-state index in [1.807, 2.05) is 0 Å². The average molecular weight is 1380 g/mol. The molecular formula is C75H146O17P2. The van der Waals surface area contributed by atoms with E-state index in [4.69, 9.17) is 37.0 Å². The molecule has 0 aliphatic carbocycles. The first kappa shape index (κ1) is 92.1. The molecule has 4 unspecified atom stereocenters. The number of rotatable bonds is 72. The van der Waals surface area contributed by atoms with E-state index in [2.05, 4.69) is 55.4 Å². The molecule has 6 atom stereocenters. The van der Waals surface area contributed by atoms with Crippen LogP contribution in [0.2, 0.25) is 0 Å². The third-order valence-corrected chi connectivity index (χ3v) is 19.6. The van der Waals surface area contributed by atoms with Crippen molar-refractivity contribution in [2.45, 2.75) is 395 Å². The van der Waals surface area contributed by atoms with E-state index in [9.17, 15) is 43.2 Å². The number of esters is 4. The Labute approximate surface area is 575 Å². The highest BCUT2D eigenvalue weighted by molar-refractivity contribution is 7.47. The SMILES string of the molecule is CCC(C)CCCCCCCCCCCCCCCCC(=O)O[C@H](COC(=O)CCCCCCCCCCCCC(C)C)COP(=O)(O)OCC(O)COP(=O)(O)OC[C@@H](COC(=O)CCCCCCCCCCC(C)C)OC(=O)CCCCCCCCCCCC(C)C. The second-order valence-corrected chi connectivity index (χ2v) is 31.6. The standard InChI is InChI=1S/C75H146O17P2/c1-9-68(8)54-46-38-30-21-14-12-10-11-13-15-23-33-41-49-57-74(79)91-70(61-85-72(77)55-47-39-31-22-17-16-19-27-35-43-51-65(2)3)63-89-93(81,82)87-59-69(76)60-88-94(83,84)90-64-71(62-86-73(78)56-48-40-32-26-25-29-37-45-53-67(6)7)92-75(80)58-50-42-34-24-18-20-28-36-44-52-66(4)5/h65-71,76H,9-64H2,1-8H3,(H,81,82)(H,83,84)/t68?,69?,70-,71-/m1/s1. The van der Waals surface area contributed by atoms with Crippen molar-refractivity contribution in [3.05, 3.63) is 0 Å². The van der Waals surface area contributed by atoms with Gasteiger partial charge in [-0.3, -0.25) is 37.3 Å². The fourth-order valence-corrected chi connectivity index (χ4v) is 12.9. The lowest BCUT2D eigenvalue weighted by Gasteiger charge is -2.21. The van der Waals surface area contributed by atoms with E-state index in [0.717, 1.165) is 114 Å². The van der Waals surface area contributed by atoms with Gasteiger partial charge in [-0.2, -0.15) is 0 Å². The van der Waals surface area contributed by atoms with Crippen LogP contribution in [0.3, 0.4) is 0 Å². The van der Waals surface area contributed by atoms with Gasteiger partial charge >= 0.3 is 39.5 Å². The molecule has 17 nitrogen and oxygen atoms in total. The Kier molecular flexibility index (Phi) is 63.1. The molecule has 0 aromatic rings. The van der Waals surface area contributed by atoms with Gasteiger partial charge in [-0.15, -0.1) is 0 Å². The molecule has 0 aromatic carbocycles. The number of carbonyl (C=O) groups is 4. The lowest BCUT2D eigenvalue weighted by Crippen LogP contribution is -2.30. The Bertz CT molecular complexity index is 1850. The number of hydrogen-bond acceptors (Lipinski definition) is 15. The summed E-state index contributed by atoms with van der Waals surface area (Å²) in [5.41, 5.74) is 0. The van der Waals surface area contributed by atoms with Gasteiger partial charge in [0.15, 0.2) is 12.2 Å². The molecule has 0 saturated heterocycles. The summed E-state index contributed by atoms with van der Waals surface area (Å²) in [6.45, 7) is 14.2. The van der Waals surface area contributed by atoms with Crippen molar-refractivity contribution in [1.29, 1.82) is 0 Å². The lowest BCUT2D eigenvalue weighted by atomic mass is 9.99. The Morgan fingerprint density at radius 1 is 0.298 bits per heavy atom. The van der Waals surface area contributed by atoms with Gasteiger partial charge in [0.25, 0.3) is 0 Å². The zero-order valence-electron chi connectivity index (χ0n) is 61.6. The van der Waals surface area contributed by atoms with Crippen molar-refractivity contribution < 1.29 is 80.2 Å². The summed E-state index contributed by atoms with van der Waals surface area (Å²) in [7, 11) is -9.91. The molecule has 3 N–H and O–H groups in total. The van der Waals surface area contributed by atoms with Gasteiger partial charge in [0.2, 0.25) is 0 Å². The molecule has 558 valence electrons. The van der Waals surface area contributed by atoms with Crippen LogP contribution in [-0.4, -0.2) is 96.7 Å². The maximum atomic E-state index is 13.1. The van der Waals surface area contributed by atoms with Crippen LogP contribution < -0.4 is 0 Å². The lowest BCUT2D eigenvalue weighted by molar-refractivity contribution is -0.161. The van der Waals surface area contributed by atoms with Crippen molar-refractivity contribution in [1.82, 2.24) is 0 Å². The van der Waals surface area contributed by atoms with Gasteiger partial charge in [-0.05, 0) is 49.4 Å². The number of aliphatic hydroxyl groups excluding tert-OH is 1. The highest BCUT2D eigenvalue weighted by Crippen LogP contribution is 2.45. The molecule has 0 bridgehead atoms. The van der Waals surface area contributed by atoms with Crippen LogP contribution in [0.25, 0.3) is 0 Å². The predicted octanol–water partition coefficient (Wildman–Crippen LogP) is 21.7. The van der Waals surface area contributed by atoms with Crippen LogP contribution in [-0.2, 0) is 65.4 Å². The molecule has 0 rings (SSSR count). The first-order valence-corrected chi connectivity index (χ1v) is 41.7. The minimum Gasteiger partial charge on any atom is -0.462 e. The first-order valence-electron chi connectivity index (χ1n) is 38.7. The second-order valence-electron chi connectivity index (χ2n) is 28.7. The van der Waals surface area contributed by atoms with Gasteiger partial charge < -0.3 is 33.8 Å². The fourth-order valence-electron chi connectivity index (χ4n) is 11.3. The summed E-state index contributed by atoms with van der Waals surface area (Å²) in [6.07, 6.45) is 48.5. The quantitative estimate of drug-likeness (QED) is 0.0222. The van der Waals surface area contributed by atoms with Crippen LogP contribution in [0.15, 0.2) is 0 Å². The molecule has 0 saturated carbocycles. The minimum absolute atomic E-state index is 0.104. The first-order chi connectivity index (χ1) is 45.1. The highest BCUT2D eigenvalue weighted by Gasteiger charge is 2.30. The van der Waals surface area contributed by atoms with Gasteiger partial charge in [-0.25, -0.2) is 9.13 Å². The number of aliphatic hydroxyl groups is 1. The van der Waals surface area contributed by atoms with Crippen molar-refractivity contribution in [2.75, 3.05) is 39.6 Å². The molecule has 94 heavy (non-hydrogen) atoms. The molecule has 0 aromatic heterocycles. The molecule has 0 aliphatic rings. The number of phosphoric ester groups is 2. The fraction of sp³-hybridized carbons (Fsp3) is 0.947. The van der Waals surface area contributed by atoms with E-state index in [-0.39, 0.29) is 25.7 Å². The predicted molar refractivity (Wildman–Crippen MR) is 381 cm³/mol. The van der Waals surface area contributed by atoms with Crippen molar-refractivity contribution in [3.8, 4) is 0 Å². The van der Waals surface area contributed by atoms with E-state index in [1.54, 1.807) is 0 Å². The molecule has 0 radical (unpaired) electrons. The molecule has 0 spiro atoms. The Hall–Kier alpha value is -1.94. The summed E-state index contributed by atoms with van der Waals surface area (Å²) in [5.74, 6) is 0.944. The minimum atomic E-state index is -4.96. The topological polar surface area (TPSA) is 237 Å². The van der Waals surface area contributed by atoms with Crippen LogP contribution in [0.1, 0.15) is 376 Å². The molecule has 0 fully saturated rings. The third kappa shape index (κ3) is 67.3. The van der Waals surface area contributed by atoms with E-state index < -0.39 is 97.5 Å². The van der Waals surface area contributed by atoms with Gasteiger partial charge in [0, 0.05) is 25.7 Å². The normalized spacial score (nSPS) is 14.4. The summed E-state index contributed by atoms with van der Waals surface area (Å²) >= 11 is 0. The summed E-state index contributed by atoms with van der Waals surface area (Å²) in [5, 5.41) is 10.6. The highest BCUT2D eigenvalue weighted by atomic mass is 31.2. The third-order valence-electron chi connectivity index (χ3n) is 17.7. The van der Waals surface area contributed by atoms with Crippen molar-refractivity contribution >= 4 is 39.5 Å². The molecule has 0 amide bonds. The Balaban J connectivity index is 5.25. The summed E-state index contributed by atoms with van der Waals surface area (Å²) < 4.78 is 68.5. The largest absolute Gasteiger partial charge is 0.472 e. The van der Waals surface area contributed by atoms with Crippen LogP contribution in [0.4, 0.5) is 0 Å².